The van der Waals surface area contributed by atoms with Crippen LogP contribution in [0.1, 0.15) is 194 Å². The normalized spacial score (nSPS) is 14.2. The minimum atomic E-state index is -4.39. The van der Waals surface area contributed by atoms with Crippen molar-refractivity contribution in [1.29, 1.82) is 0 Å². The summed E-state index contributed by atoms with van der Waals surface area (Å²) in [6.07, 6.45) is 59.2. The molecule has 0 saturated carbocycles. The van der Waals surface area contributed by atoms with Crippen LogP contribution >= 0.6 is 7.82 Å². The maximum absolute atomic E-state index is 12.7. The fourth-order valence-corrected chi connectivity index (χ4v) is 7.26. The molecule has 9 nitrogen and oxygen atoms in total. The predicted octanol–water partition coefficient (Wildman–Crippen LogP) is 15.1. The van der Waals surface area contributed by atoms with E-state index in [2.05, 4.69) is 98.9 Å². The van der Waals surface area contributed by atoms with Gasteiger partial charge in [-0.1, -0.05) is 195 Å². The lowest BCUT2D eigenvalue weighted by Crippen LogP contribution is -2.37. The van der Waals surface area contributed by atoms with Gasteiger partial charge in [-0.3, -0.25) is 18.6 Å². The summed E-state index contributed by atoms with van der Waals surface area (Å²) < 4.78 is 34.4. The third-order valence-corrected chi connectivity index (χ3v) is 11.4. The van der Waals surface area contributed by atoms with E-state index in [0.717, 1.165) is 83.5 Å². The zero-order valence-corrected chi connectivity index (χ0v) is 42.4. The molecule has 1 N–H and O–H groups in total. The van der Waals surface area contributed by atoms with Crippen LogP contribution in [0.5, 0.6) is 0 Å². The number of allylic oxidation sites excluding steroid dienone is 14. The maximum Gasteiger partial charge on any atom is 0.472 e. The molecule has 0 bridgehead atoms. The minimum absolute atomic E-state index is 0.0215. The average Bonchev–Trinajstić information content (AvgIpc) is 3.25. The molecule has 0 aromatic carbocycles. The number of hydrogen-bond acceptors (Lipinski definition) is 7. The van der Waals surface area contributed by atoms with Crippen molar-refractivity contribution in [2.24, 2.45) is 0 Å². The average molecular weight is 917 g/mol. The molecule has 0 aliphatic heterocycles. The monoisotopic (exact) mass is 917 g/mol. The molecule has 0 saturated heterocycles. The van der Waals surface area contributed by atoms with Crippen LogP contribution in [0.4, 0.5) is 0 Å². The number of nitrogens with zero attached hydrogens (tertiary/aromatic N) is 1. The molecule has 0 spiro atoms. The standard InChI is InChI=1S/C54H94NO8P/c1-6-8-10-12-14-16-18-20-22-23-24-25-26-27-28-29-30-31-33-35-37-39-41-43-45-47-54(57)63-52(51-62-64(58,59)61-49-48-55(3,4)5)50-60-53(56)46-44-42-40-38-36-34-32-21-19-17-15-13-11-9-7-2/h8,10,14,16,20,22,24-25,27-28,30-31,35,37,52H,6-7,9,11-13,15,17-19,21,23,26,29,32-34,36,38-51H2,1-5H3/p+1/b10-8-,16-14-,22-20-,25-24-,28-27-,31-30-,37-35-. The first kappa shape index (κ1) is 61.2. The summed E-state index contributed by atoms with van der Waals surface area (Å²) >= 11 is 0. The molecule has 64 heavy (non-hydrogen) atoms. The fourth-order valence-electron chi connectivity index (χ4n) is 6.52. The highest BCUT2D eigenvalue weighted by atomic mass is 31.2. The van der Waals surface area contributed by atoms with Crippen LogP contribution in [-0.2, 0) is 32.7 Å². The van der Waals surface area contributed by atoms with E-state index in [1.54, 1.807) is 0 Å². The lowest BCUT2D eigenvalue weighted by atomic mass is 10.0. The van der Waals surface area contributed by atoms with Gasteiger partial charge in [0.25, 0.3) is 0 Å². The number of likely N-dealkylation sites (N-methyl/N-ethyl adjacent to an activating group) is 1. The molecule has 0 fully saturated rings. The van der Waals surface area contributed by atoms with Crippen molar-refractivity contribution in [1.82, 2.24) is 0 Å². The van der Waals surface area contributed by atoms with Gasteiger partial charge < -0.3 is 18.9 Å². The summed E-state index contributed by atoms with van der Waals surface area (Å²) in [5, 5.41) is 0. The Hall–Kier alpha value is -2.81. The SMILES string of the molecule is CC/C=C\C/C=C\C/C=C\C/C=C\C/C=C\C/C=C\C/C=C\CCCCCC(=O)OC(COC(=O)CCCCCCCCCCCCCCCCC)COP(=O)(O)OCC[N+](C)(C)C. The van der Waals surface area contributed by atoms with Gasteiger partial charge in [0.05, 0.1) is 27.7 Å². The molecule has 0 aliphatic rings. The van der Waals surface area contributed by atoms with Crippen LogP contribution in [0.15, 0.2) is 85.1 Å². The van der Waals surface area contributed by atoms with Gasteiger partial charge in [-0.05, 0) is 70.6 Å². The first-order chi connectivity index (χ1) is 31.0. The van der Waals surface area contributed by atoms with Crippen LogP contribution in [0.25, 0.3) is 0 Å². The summed E-state index contributed by atoms with van der Waals surface area (Å²) in [6.45, 7) is 4.27. The number of unbranched alkanes of at least 4 members (excludes halogenated alkanes) is 17. The lowest BCUT2D eigenvalue weighted by molar-refractivity contribution is -0.870. The number of hydrogen-bond donors (Lipinski definition) is 1. The summed E-state index contributed by atoms with van der Waals surface area (Å²) in [5.74, 6) is -0.838. The highest BCUT2D eigenvalue weighted by Gasteiger charge is 2.27. The second-order valence-electron chi connectivity index (χ2n) is 17.8. The Morgan fingerprint density at radius 2 is 0.891 bits per heavy atom. The molecule has 0 aromatic heterocycles. The quantitative estimate of drug-likeness (QED) is 0.0212. The summed E-state index contributed by atoms with van der Waals surface area (Å²) in [4.78, 5) is 35.5. The Kier molecular flexibility index (Phi) is 43.4. The van der Waals surface area contributed by atoms with E-state index in [1.165, 1.54) is 77.0 Å². The van der Waals surface area contributed by atoms with E-state index in [9.17, 15) is 19.0 Å². The van der Waals surface area contributed by atoms with E-state index in [4.69, 9.17) is 18.5 Å². The van der Waals surface area contributed by atoms with Gasteiger partial charge in [0.2, 0.25) is 0 Å². The first-order valence-electron chi connectivity index (χ1n) is 25.3. The van der Waals surface area contributed by atoms with Crippen molar-refractivity contribution in [3.05, 3.63) is 85.1 Å². The molecule has 2 atom stereocenters. The van der Waals surface area contributed by atoms with Crippen LogP contribution in [0.2, 0.25) is 0 Å². The van der Waals surface area contributed by atoms with Crippen molar-refractivity contribution < 1.29 is 42.1 Å². The zero-order chi connectivity index (χ0) is 47.1. The molecule has 0 aliphatic carbocycles. The molecule has 0 heterocycles. The minimum Gasteiger partial charge on any atom is -0.462 e. The Labute approximate surface area is 392 Å². The first-order valence-corrected chi connectivity index (χ1v) is 26.8. The molecule has 368 valence electrons. The van der Waals surface area contributed by atoms with E-state index < -0.39 is 26.5 Å². The third-order valence-electron chi connectivity index (χ3n) is 10.4. The molecular weight excluding hydrogens is 822 g/mol. The zero-order valence-electron chi connectivity index (χ0n) is 41.5. The number of rotatable bonds is 45. The molecule has 0 rings (SSSR count). The van der Waals surface area contributed by atoms with E-state index in [1.807, 2.05) is 21.1 Å². The number of esters is 2. The summed E-state index contributed by atoms with van der Waals surface area (Å²) in [5.41, 5.74) is 0. The van der Waals surface area contributed by atoms with Crippen LogP contribution in [-0.4, -0.2) is 74.9 Å². The molecule has 2 unspecified atom stereocenters. The Morgan fingerprint density at radius 1 is 0.500 bits per heavy atom. The van der Waals surface area contributed by atoms with Crippen molar-refractivity contribution in [3.8, 4) is 0 Å². The maximum atomic E-state index is 12.7. The second-order valence-corrected chi connectivity index (χ2v) is 19.3. The largest absolute Gasteiger partial charge is 0.472 e. The van der Waals surface area contributed by atoms with Gasteiger partial charge in [-0.25, -0.2) is 4.57 Å². The summed E-state index contributed by atoms with van der Waals surface area (Å²) in [6, 6.07) is 0. The van der Waals surface area contributed by atoms with Gasteiger partial charge in [-0.2, -0.15) is 0 Å². The highest BCUT2D eigenvalue weighted by Crippen LogP contribution is 2.43. The van der Waals surface area contributed by atoms with Crippen molar-refractivity contribution in [2.75, 3.05) is 47.5 Å². The smallest absolute Gasteiger partial charge is 0.462 e. The lowest BCUT2D eigenvalue weighted by Gasteiger charge is -2.24. The van der Waals surface area contributed by atoms with Crippen LogP contribution < -0.4 is 0 Å². The van der Waals surface area contributed by atoms with Gasteiger partial charge in [0.15, 0.2) is 6.10 Å². The van der Waals surface area contributed by atoms with Gasteiger partial charge in [0.1, 0.15) is 19.8 Å². The highest BCUT2D eigenvalue weighted by molar-refractivity contribution is 7.47. The molecule has 10 heteroatoms. The van der Waals surface area contributed by atoms with Crippen molar-refractivity contribution in [2.45, 2.75) is 200 Å². The van der Waals surface area contributed by atoms with Crippen molar-refractivity contribution in [3.63, 3.8) is 0 Å². The van der Waals surface area contributed by atoms with E-state index in [0.29, 0.717) is 17.4 Å². The molecule has 0 amide bonds. The number of quaternary nitrogens is 1. The van der Waals surface area contributed by atoms with Crippen molar-refractivity contribution >= 4 is 19.8 Å². The van der Waals surface area contributed by atoms with E-state index >= 15 is 0 Å². The fraction of sp³-hybridized carbons (Fsp3) is 0.704. The Balaban J connectivity index is 4.35. The number of carbonyl (C=O) groups excluding carboxylic acids is 2. The molecule has 0 aromatic rings. The molecule has 0 radical (unpaired) electrons. The topological polar surface area (TPSA) is 108 Å². The third kappa shape index (κ3) is 48.6. The number of phosphoric ester groups is 1. The van der Waals surface area contributed by atoms with Crippen LogP contribution in [0, 0.1) is 0 Å². The number of phosphoric acid groups is 1. The Morgan fingerprint density at radius 3 is 1.33 bits per heavy atom. The van der Waals surface area contributed by atoms with Gasteiger partial charge in [-0.15, -0.1) is 0 Å². The summed E-state index contributed by atoms with van der Waals surface area (Å²) in [7, 11) is 1.44. The number of ether oxygens (including phenoxy) is 2. The predicted molar refractivity (Wildman–Crippen MR) is 270 cm³/mol. The number of carbonyl (C=O) groups is 2. The van der Waals surface area contributed by atoms with Crippen LogP contribution in [0.3, 0.4) is 0 Å². The second kappa shape index (κ2) is 45.4. The van der Waals surface area contributed by atoms with Gasteiger partial charge >= 0.3 is 19.8 Å². The van der Waals surface area contributed by atoms with E-state index in [-0.39, 0.29) is 32.0 Å². The Bertz CT molecular complexity index is 1360. The van der Waals surface area contributed by atoms with Gasteiger partial charge in [0, 0.05) is 12.8 Å². The molecular formula is C54H95NO8P+.